The second-order valence-corrected chi connectivity index (χ2v) is 2.45. The summed E-state index contributed by atoms with van der Waals surface area (Å²) >= 11 is 1.38. The number of carbonyl (C=O) groups is 2. The molecule has 1 amide bonds. The van der Waals surface area contributed by atoms with E-state index in [1.54, 1.807) is 0 Å². The molecule has 52 valence electrons. The van der Waals surface area contributed by atoms with Crippen LogP contribution in [0.15, 0.2) is 0 Å². The van der Waals surface area contributed by atoms with Crippen LogP contribution in [-0.2, 0) is 9.59 Å². The average molecular weight is 147 g/mol. The Bertz CT molecular complexity index is 105. The first-order valence-electron chi connectivity index (χ1n) is 2.53. The first kappa shape index (κ1) is 8.49. The molecule has 0 atom stereocenters. The molecule has 0 aliphatic carbocycles. The van der Waals surface area contributed by atoms with Crippen LogP contribution in [-0.4, -0.2) is 23.8 Å². The van der Waals surface area contributed by atoms with Crippen LogP contribution in [0.25, 0.3) is 0 Å². The van der Waals surface area contributed by atoms with Crippen LogP contribution in [0.4, 0.5) is 0 Å². The largest absolute Gasteiger partial charge is 0.347 e. The summed E-state index contributed by atoms with van der Waals surface area (Å²) in [5.74, 6) is 0.905. The molecule has 0 radical (unpaired) electrons. The van der Waals surface area contributed by atoms with Crippen molar-refractivity contribution in [1.82, 2.24) is 5.32 Å². The number of rotatable bonds is 4. The van der Waals surface area contributed by atoms with E-state index >= 15 is 0 Å². The van der Waals surface area contributed by atoms with E-state index in [0.717, 1.165) is 6.29 Å². The fourth-order valence-corrected chi connectivity index (χ4v) is 0.779. The third-order valence-electron chi connectivity index (χ3n) is 0.609. The summed E-state index contributed by atoms with van der Waals surface area (Å²) in [5, 5.41) is 2.55. The quantitative estimate of drug-likeness (QED) is 0.346. The van der Waals surface area contributed by atoms with Gasteiger partial charge in [-0.15, -0.1) is 11.8 Å². The number of nitrogens with one attached hydrogen (secondary N) is 1. The zero-order chi connectivity index (χ0) is 7.11. The number of carbonyl (C=O) groups excluding carboxylic acids is 2. The minimum Gasteiger partial charge on any atom is -0.347 e. The maximum atomic E-state index is 10.2. The van der Waals surface area contributed by atoms with Crippen molar-refractivity contribution in [3.8, 4) is 0 Å². The fourth-order valence-electron chi connectivity index (χ4n) is 0.260. The van der Waals surface area contributed by atoms with Crippen LogP contribution < -0.4 is 5.32 Å². The lowest BCUT2D eigenvalue weighted by atomic mass is 10.7. The van der Waals surface area contributed by atoms with Gasteiger partial charge in [0.15, 0.2) is 0 Å². The number of thioether (sulfide) groups is 1. The van der Waals surface area contributed by atoms with E-state index in [1.807, 2.05) is 0 Å². The Labute approximate surface area is 58.2 Å². The highest BCUT2D eigenvalue weighted by Gasteiger charge is 1.87. The van der Waals surface area contributed by atoms with Crippen LogP contribution in [0.3, 0.4) is 0 Å². The highest BCUT2D eigenvalue weighted by atomic mass is 32.2. The second kappa shape index (κ2) is 5.62. The fraction of sp³-hybridized carbons (Fsp3) is 0.600. The third kappa shape index (κ3) is 7.49. The molecule has 0 unspecified atom stereocenters. The maximum Gasteiger partial charge on any atom is 0.217 e. The number of amides is 1. The van der Waals surface area contributed by atoms with Crippen molar-refractivity contribution in [2.75, 3.05) is 11.6 Å². The Morgan fingerprint density at radius 2 is 2.44 bits per heavy atom. The van der Waals surface area contributed by atoms with Crippen LogP contribution in [0.2, 0.25) is 0 Å². The molecule has 0 saturated heterocycles. The number of hydrogen-bond acceptors (Lipinski definition) is 3. The van der Waals surface area contributed by atoms with Crippen LogP contribution in [0.1, 0.15) is 6.92 Å². The summed E-state index contributed by atoms with van der Waals surface area (Å²) in [6.07, 6.45) is 0.812. The van der Waals surface area contributed by atoms with Crippen molar-refractivity contribution < 1.29 is 9.59 Å². The standard InChI is InChI=1S/C5H9NO2S/c1-5(8)6-4-9-3-2-7/h2H,3-4H2,1H3,(H,6,8). The summed E-state index contributed by atoms with van der Waals surface area (Å²) < 4.78 is 0. The highest BCUT2D eigenvalue weighted by molar-refractivity contribution is 7.99. The van der Waals surface area contributed by atoms with Crippen LogP contribution in [0.5, 0.6) is 0 Å². The van der Waals surface area contributed by atoms with Gasteiger partial charge in [0.25, 0.3) is 0 Å². The lowest BCUT2D eigenvalue weighted by Crippen LogP contribution is -2.18. The molecular weight excluding hydrogens is 138 g/mol. The van der Waals surface area contributed by atoms with Crippen molar-refractivity contribution in [2.24, 2.45) is 0 Å². The molecule has 0 aromatic rings. The van der Waals surface area contributed by atoms with Crippen LogP contribution >= 0.6 is 11.8 Å². The molecule has 0 aliphatic heterocycles. The van der Waals surface area contributed by atoms with E-state index in [4.69, 9.17) is 0 Å². The van der Waals surface area contributed by atoms with E-state index in [0.29, 0.717) is 11.6 Å². The van der Waals surface area contributed by atoms with E-state index in [2.05, 4.69) is 5.32 Å². The minimum atomic E-state index is -0.0617. The summed E-state index contributed by atoms with van der Waals surface area (Å²) in [6.45, 7) is 1.45. The van der Waals surface area contributed by atoms with Crippen LogP contribution in [0, 0.1) is 0 Å². The topological polar surface area (TPSA) is 46.2 Å². The van der Waals surface area contributed by atoms with Gasteiger partial charge in [-0.05, 0) is 0 Å². The van der Waals surface area contributed by atoms with Gasteiger partial charge in [0.2, 0.25) is 5.91 Å². The first-order valence-corrected chi connectivity index (χ1v) is 3.68. The molecule has 9 heavy (non-hydrogen) atoms. The highest BCUT2D eigenvalue weighted by Crippen LogP contribution is 1.91. The third-order valence-corrected chi connectivity index (χ3v) is 1.33. The molecule has 3 nitrogen and oxygen atoms in total. The molecule has 0 aromatic heterocycles. The summed E-state index contributed by atoms with van der Waals surface area (Å²) in [4.78, 5) is 19.9. The van der Waals surface area contributed by atoms with Gasteiger partial charge in [-0.1, -0.05) is 0 Å². The van der Waals surface area contributed by atoms with Gasteiger partial charge in [0.05, 0.1) is 11.6 Å². The summed E-state index contributed by atoms with van der Waals surface area (Å²) in [6, 6.07) is 0. The Balaban J connectivity index is 2.91. The maximum absolute atomic E-state index is 10.2. The van der Waals surface area contributed by atoms with Crippen molar-refractivity contribution >= 4 is 24.0 Å². The molecule has 0 aromatic carbocycles. The Kier molecular flexibility index (Phi) is 5.30. The second-order valence-electron chi connectivity index (χ2n) is 1.41. The van der Waals surface area contributed by atoms with Gasteiger partial charge in [0.1, 0.15) is 6.29 Å². The predicted molar refractivity (Wildman–Crippen MR) is 37.2 cm³/mol. The zero-order valence-electron chi connectivity index (χ0n) is 5.22. The monoisotopic (exact) mass is 147 g/mol. The molecule has 0 fully saturated rings. The Morgan fingerprint density at radius 3 is 2.89 bits per heavy atom. The number of hydrogen-bond donors (Lipinski definition) is 1. The zero-order valence-corrected chi connectivity index (χ0v) is 6.03. The van der Waals surface area contributed by atoms with Gasteiger partial charge in [-0.2, -0.15) is 0 Å². The smallest absolute Gasteiger partial charge is 0.217 e. The van der Waals surface area contributed by atoms with Crippen molar-refractivity contribution in [2.45, 2.75) is 6.92 Å². The molecule has 0 heterocycles. The van der Waals surface area contributed by atoms with Gasteiger partial charge in [-0.3, -0.25) is 4.79 Å². The van der Waals surface area contributed by atoms with E-state index in [9.17, 15) is 9.59 Å². The van der Waals surface area contributed by atoms with Crippen molar-refractivity contribution in [3.05, 3.63) is 0 Å². The van der Waals surface area contributed by atoms with E-state index in [-0.39, 0.29) is 5.91 Å². The summed E-state index contributed by atoms with van der Waals surface area (Å²) in [7, 11) is 0. The number of aldehydes is 1. The van der Waals surface area contributed by atoms with E-state index < -0.39 is 0 Å². The normalized spacial score (nSPS) is 8.56. The molecule has 1 N–H and O–H groups in total. The first-order chi connectivity index (χ1) is 4.27. The summed E-state index contributed by atoms with van der Waals surface area (Å²) in [5.41, 5.74) is 0. The lowest BCUT2D eigenvalue weighted by Gasteiger charge is -1.96. The molecule has 0 aliphatic rings. The van der Waals surface area contributed by atoms with Gasteiger partial charge < -0.3 is 10.1 Å². The minimum absolute atomic E-state index is 0.0617. The van der Waals surface area contributed by atoms with Gasteiger partial charge in [-0.25, -0.2) is 0 Å². The molecule has 4 heteroatoms. The average Bonchev–Trinajstić information content (AvgIpc) is 1.80. The Hall–Kier alpha value is -0.510. The molecule has 0 saturated carbocycles. The van der Waals surface area contributed by atoms with E-state index in [1.165, 1.54) is 18.7 Å². The molecule has 0 spiro atoms. The van der Waals surface area contributed by atoms with Crippen molar-refractivity contribution in [3.63, 3.8) is 0 Å². The molecule has 0 rings (SSSR count). The lowest BCUT2D eigenvalue weighted by molar-refractivity contribution is -0.118. The molecular formula is C5H9NO2S. The molecule has 0 bridgehead atoms. The SMILES string of the molecule is CC(=O)NCSCC=O. The predicted octanol–water partition coefficient (Wildman–Crippen LogP) is 0.0121. The van der Waals surface area contributed by atoms with Crippen molar-refractivity contribution in [1.29, 1.82) is 0 Å². The Morgan fingerprint density at radius 1 is 1.78 bits per heavy atom. The van der Waals surface area contributed by atoms with Gasteiger partial charge in [0, 0.05) is 6.92 Å². The van der Waals surface area contributed by atoms with Gasteiger partial charge >= 0.3 is 0 Å².